The summed E-state index contributed by atoms with van der Waals surface area (Å²) in [6, 6.07) is 8.11. The van der Waals surface area contributed by atoms with Gasteiger partial charge in [-0.2, -0.15) is 0 Å². The van der Waals surface area contributed by atoms with Crippen molar-refractivity contribution in [2.45, 2.75) is 51.7 Å². The van der Waals surface area contributed by atoms with Gasteiger partial charge in [0.1, 0.15) is 0 Å². The normalized spacial score (nSPS) is 15.9. The Morgan fingerprint density at radius 1 is 1.13 bits per heavy atom. The highest BCUT2D eigenvalue weighted by atomic mass is 35.5. The number of hydrogen-bond acceptors (Lipinski definition) is 3. The molecule has 4 nitrogen and oxygen atoms in total. The third kappa shape index (κ3) is 7.53. The maximum absolute atomic E-state index is 11.6. The lowest BCUT2D eigenvalue weighted by atomic mass is 10.1. The summed E-state index contributed by atoms with van der Waals surface area (Å²) in [6.07, 6.45) is 4.68. The van der Waals surface area contributed by atoms with Gasteiger partial charge in [0.15, 0.2) is 0 Å². The van der Waals surface area contributed by atoms with E-state index in [0.717, 1.165) is 12.1 Å². The number of nitrogens with two attached hydrogens (primary N) is 1. The lowest BCUT2D eigenvalue weighted by Crippen LogP contribution is -2.39. The molecule has 1 saturated heterocycles. The van der Waals surface area contributed by atoms with Gasteiger partial charge in [0, 0.05) is 13.1 Å². The molecule has 0 aliphatic carbocycles. The van der Waals surface area contributed by atoms with Gasteiger partial charge in [-0.1, -0.05) is 37.6 Å². The first kappa shape index (κ1) is 22.2. The van der Waals surface area contributed by atoms with Crippen LogP contribution in [0.3, 0.4) is 0 Å². The Labute approximate surface area is 152 Å². The van der Waals surface area contributed by atoms with Crippen LogP contribution in [0.1, 0.15) is 43.7 Å². The van der Waals surface area contributed by atoms with Crippen LogP contribution in [-0.2, 0) is 17.9 Å². The smallest absolute Gasteiger partial charge is 0.237 e. The minimum atomic E-state index is -0.400. The molecule has 1 aromatic rings. The highest BCUT2D eigenvalue weighted by molar-refractivity contribution is 5.85. The van der Waals surface area contributed by atoms with E-state index in [0.29, 0.717) is 13.0 Å². The monoisotopic (exact) mass is 361 g/mol. The molecule has 0 unspecified atom stereocenters. The van der Waals surface area contributed by atoms with Crippen LogP contribution < -0.4 is 11.1 Å². The number of benzene rings is 1. The molecule has 0 spiro atoms. The number of nitrogens with one attached hydrogen (secondary N) is 1. The van der Waals surface area contributed by atoms with Crippen molar-refractivity contribution in [3.63, 3.8) is 0 Å². The summed E-state index contributed by atoms with van der Waals surface area (Å²) in [4.78, 5) is 14.1. The van der Waals surface area contributed by atoms with Crippen molar-refractivity contribution < 1.29 is 4.79 Å². The molecule has 1 amide bonds. The fourth-order valence-corrected chi connectivity index (χ4v) is 2.64. The molecule has 0 bridgehead atoms. The van der Waals surface area contributed by atoms with Crippen molar-refractivity contribution in [3.05, 3.63) is 35.4 Å². The number of amides is 1. The molecule has 1 heterocycles. The highest BCUT2D eigenvalue weighted by Crippen LogP contribution is 2.13. The van der Waals surface area contributed by atoms with Gasteiger partial charge in [-0.15, -0.1) is 24.8 Å². The Kier molecular flexibility index (Phi) is 11.3. The fraction of sp³-hybridized carbons (Fsp3) is 0.588. The zero-order valence-corrected chi connectivity index (χ0v) is 15.4. The van der Waals surface area contributed by atoms with Gasteiger partial charge in [0.2, 0.25) is 5.91 Å². The van der Waals surface area contributed by atoms with Crippen LogP contribution in [0.15, 0.2) is 24.3 Å². The Bertz CT molecular complexity index is 448. The second-order valence-electron chi connectivity index (χ2n) is 5.89. The molecule has 0 radical (unpaired) electrons. The summed E-state index contributed by atoms with van der Waals surface area (Å²) in [5.41, 5.74) is 8.16. The molecule has 0 aromatic heterocycles. The number of likely N-dealkylation sites (tertiary alicyclic amines) is 1. The van der Waals surface area contributed by atoms with Crippen molar-refractivity contribution in [2.24, 2.45) is 5.73 Å². The first-order valence-electron chi connectivity index (χ1n) is 8.02. The van der Waals surface area contributed by atoms with Crippen LogP contribution in [0.25, 0.3) is 0 Å². The molecule has 1 aliphatic heterocycles. The third-order valence-corrected chi connectivity index (χ3v) is 4.12. The molecule has 0 saturated carbocycles. The zero-order chi connectivity index (χ0) is 15.1. The fourth-order valence-electron chi connectivity index (χ4n) is 2.64. The first-order valence-corrected chi connectivity index (χ1v) is 8.02. The molecule has 132 valence electrons. The predicted octanol–water partition coefficient (Wildman–Crippen LogP) is 2.87. The molecule has 2 rings (SSSR count). The Balaban J connectivity index is 0.00000242. The molecule has 6 heteroatoms. The number of carbonyl (C=O) groups is 1. The number of carbonyl (C=O) groups excluding carboxylic acids is 1. The largest absolute Gasteiger partial charge is 0.351 e. The van der Waals surface area contributed by atoms with E-state index in [4.69, 9.17) is 5.73 Å². The quantitative estimate of drug-likeness (QED) is 0.818. The number of hydrogen-bond donors (Lipinski definition) is 2. The third-order valence-electron chi connectivity index (χ3n) is 4.12. The summed E-state index contributed by atoms with van der Waals surface area (Å²) in [7, 11) is 0. The van der Waals surface area contributed by atoms with Crippen LogP contribution in [0.4, 0.5) is 0 Å². The van der Waals surface area contributed by atoms with E-state index in [2.05, 4.69) is 34.5 Å². The Morgan fingerprint density at radius 3 is 2.26 bits per heavy atom. The minimum absolute atomic E-state index is 0. The molecule has 1 fully saturated rings. The maximum Gasteiger partial charge on any atom is 0.237 e. The van der Waals surface area contributed by atoms with E-state index in [1.165, 1.54) is 37.9 Å². The average Bonchev–Trinajstić information content (AvgIpc) is 2.54. The summed E-state index contributed by atoms with van der Waals surface area (Å²) >= 11 is 0. The minimum Gasteiger partial charge on any atom is -0.351 e. The van der Waals surface area contributed by atoms with Crippen molar-refractivity contribution in [1.82, 2.24) is 10.2 Å². The summed E-state index contributed by atoms with van der Waals surface area (Å²) in [5.74, 6) is -0.0742. The number of nitrogens with zero attached hydrogens (tertiary/aromatic N) is 1. The summed E-state index contributed by atoms with van der Waals surface area (Å²) < 4.78 is 0. The van der Waals surface area contributed by atoms with E-state index in [1.807, 2.05) is 6.92 Å². The van der Waals surface area contributed by atoms with Gasteiger partial charge >= 0.3 is 0 Å². The summed E-state index contributed by atoms with van der Waals surface area (Å²) in [6.45, 7) is 5.93. The number of rotatable bonds is 6. The molecule has 1 aliphatic rings. The first-order chi connectivity index (χ1) is 10.2. The molecular formula is C17H29Cl2N3O. The van der Waals surface area contributed by atoms with Gasteiger partial charge < -0.3 is 11.1 Å². The van der Waals surface area contributed by atoms with E-state index in [-0.39, 0.29) is 30.7 Å². The highest BCUT2D eigenvalue weighted by Gasteiger charge is 2.11. The van der Waals surface area contributed by atoms with E-state index in [1.54, 1.807) is 0 Å². The Hall–Kier alpha value is -0.810. The molecule has 1 atom stereocenters. The standard InChI is InChI=1S/C17H27N3O.2ClH/c1-2-16(18)17(21)19-12-14-6-8-15(9-7-14)13-20-10-4-3-5-11-20;;/h6-9,16H,2-5,10-13,18H2,1H3,(H,19,21);2*1H/t16-;;/m0../s1. The lowest BCUT2D eigenvalue weighted by Gasteiger charge is -2.26. The van der Waals surface area contributed by atoms with Gasteiger partial charge in [-0.25, -0.2) is 0 Å². The SMILES string of the molecule is CC[C@H](N)C(=O)NCc1ccc(CN2CCCCC2)cc1.Cl.Cl. The van der Waals surface area contributed by atoms with Crippen LogP contribution in [-0.4, -0.2) is 29.9 Å². The van der Waals surface area contributed by atoms with Crippen molar-refractivity contribution in [3.8, 4) is 0 Å². The van der Waals surface area contributed by atoms with Gasteiger partial charge in [0.05, 0.1) is 6.04 Å². The lowest BCUT2D eigenvalue weighted by molar-refractivity contribution is -0.122. The van der Waals surface area contributed by atoms with Crippen LogP contribution >= 0.6 is 24.8 Å². The predicted molar refractivity (Wildman–Crippen MR) is 100 cm³/mol. The zero-order valence-electron chi connectivity index (χ0n) is 13.8. The van der Waals surface area contributed by atoms with Crippen LogP contribution in [0, 0.1) is 0 Å². The van der Waals surface area contributed by atoms with Crippen LogP contribution in [0.5, 0.6) is 0 Å². The molecular weight excluding hydrogens is 333 g/mol. The Morgan fingerprint density at radius 2 is 1.70 bits per heavy atom. The second-order valence-corrected chi connectivity index (χ2v) is 5.89. The van der Waals surface area contributed by atoms with Gasteiger partial charge in [0.25, 0.3) is 0 Å². The molecule has 1 aromatic carbocycles. The van der Waals surface area contributed by atoms with Crippen molar-refractivity contribution >= 4 is 30.7 Å². The van der Waals surface area contributed by atoms with E-state index < -0.39 is 6.04 Å². The average molecular weight is 362 g/mol. The van der Waals surface area contributed by atoms with Crippen molar-refractivity contribution in [1.29, 1.82) is 0 Å². The van der Waals surface area contributed by atoms with E-state index >= 15 is 0 Å². The molecule has 23 heavy (non-hydrogen) atoms. The van der Waals surface area contributed by atoms with Crippen molar-refractivity contribution in [2.75, 3.05) is 13.1 Å². The van der Waals surface area contributed by atoms with Gasteiger partial charge in [-0.05, 0) is 43.5 Å². The van der Waals surface area contributed by atoms with E-state index in [9.17, 15) is 4.79 Å². The number of piperidine rings is 1. The number of halogens is 2. The topological polar surface area (TPSA) is 58.4 Å². The summed E-state index contributed by atoms with van der Waals surface area (Å²) in [5, 5.41) is 2.88. The maximum atomic E-state index is 11.6. The van der Waals surface area contributed by atoms with Gasteiger partial charge in [-0.3, -0.25) is 9.69 Å². The second kappa shape index (κ2) is 11.7. The molecule has 3 N–H and O–H groups in total. The van der Waals surface area contributed by atoms with Crippen LogP contribution in [0.2, 0.25) is 0 Å².